The minimum absolute atomic E-state index is 0.0971. The van der Waals surface area contributed by atoms with E-state index in [2.05, 4.69) is 0 Å². The Labute approximate surface area is 114 Å². The maximum atomic E-state index is 13.7. The third-order valence-electron chi connectivity index (χ3n) is 2.56. The van der Waals surface area contributed by atoms with Gasteiger partial charge in [0, 0.05) is 11.6 Å². The summed E-state index contributed by atoms with van der Waals surface area (Å²) in [7, 11) is 0. The van der Waals surface area contributed by atoms with Crippen molar-refractivity contribution < 1.29 is 18.6 Å². The van der Waals surface area contributed by atoms with Crippen LogP contribution in [0.1, 0.15) is 18.6 Å². The van der Waals surface area contributed by atoms with E-state index in [4.69, 9.17) is 16.3 Å². The molecule has 100 valence electrons. The third-order valence-corrected chi connectivity index (χ3v) is 2.85. The highest BCUT2D eigenvalue weighted by Crippen LogP contribution is 2.33. The molecule has 1 unspecified atom stereocenters. The molecule has 0 saturated heterocycles. The fraction of sp³-hybridized carbons (Fsp3) is 0.143. The predicted octanol–water partition coefficient (Wildman–Crippen LogP) is 4.46. The van der Waals surface area contributed by atoms with Crippen LogP contribution in [-0.2, 0) is 0 Å². The number of hydrogen-bond donors (Lipinski definition) is 1. The lowest BCUT2D eigenvalue weighted by atomic mass is 10.1. The van der Waals surface area contributed by atoms with Gasteiger partial charge in [-0.15, -0.1) is 0 Å². The summed E-state index contributed by atoms with van der Waals surface area (Å²) in [6, 6.07) is 7.94. The van der Waals surface area contributed by atoms with Crippen LogP contribution in [0.5, 0.6) is 11.5 Å². The first-order chi connectivity index (χ1) is 8.99. The molecule has 0 spiro atoms. The van der Waals surface area contributed by atoms with E-state index in [1.54, 1.807) is 6.07 Å². The highest BCUT2D eigenvalue weighted by atomic mass is 35.5. The van der Waals surface area contributed by atoms with Gasteiger partial charge in [0.15, 0.2) is 11.6 Å². The van der Waals surface area contributed by atoms with Crippen LogP contribution in [0, 0.1) is 11.6 Å². The van der Waals surface area contributed by atoms with Gasteiger partial charge in [0.2, 0.25) is 0 Å². The van der Waals surface area contributed by atoms with Gasteiger partial charge in [-0.3, -0.25) is 0 Å². The van der Waals surface area contributed by atoms with E-state index >= 15 is 0 Å². The standard InChI is InChI=1S/C14H11ClF2O2/c1-8(18)10-3-2-4-13(17)14(10)19-9-5-6-12(16)11(15)7-9/h2-8,18H,1H3. The molecule has 0 bridgehead atoms. The van der Waals surface area contributed by atoms with Crippen molar-refractivity contribution in [2.75, 3.05) is 0 Å². The second-order valence-corrected chi connectivity index (χ2v) is 4.42. The molecule has 0 aliphatic heterocycles. The highest BCUT2D eigenvalue weighted by molar-refractivity contribution is 6.30. The molecular weight excluding hydrogens is 274 g/mol. The van der Waals surface area contributed by atoms with E-state index in [1.165, 1.54) is 31.2 Å². The van der Waals surface area contributed by atoms with E-state index < -0.39 is 17.7 Å². The molecule has 0 saturated carbocycles. The number of rotatable bonds is 3. The fourth-order valence-corrected chi connectivity index (χ4v) is 1.79. The Morgan fingerprint density at radius 1 is 1.16 bits per heavy atom. The Bertz CT molecular complexity index is 600. The summed E-state index contributed by atoms with van der Waals surface area (Å²) in [6.45, 7) is 1.50. The zero-order valence-corrected chi connectivity index (χ0v) is 10.8. The largest absolute Gasteiger partial charge is 0.454 e. The second-order valence-electron chi connectivity index (χ2n) is 4.01. The van der Waals surface area contributed by atoms with Gasteiger partial charge in [0.25, 0.3) is 0 Å². The zero-order chi connectivity index (χ0) is 14.0. The lowest BCUT2D eigenvalue weighted by Gasteiger charge is -2.14. The number of halogens is 3. The van der Waals surface area contributed by atoms with Crippen molar-refractivity contribution in [2.45, 2.75) is 13.0 Å². The highest BCUT2D eigenvalue weighted by Gasteiger charge is 2.15. The molecule has 2 rings (SSSR count). The van der Waals surface area contributed by atoms with Crippen molar-refractivity contribution in [3.05, 3.63) is 58.6 Å². The first-order valence-electron chi connectivity index (χ1n) is 5.58. The smallest absolute Gasteiger partial charge is 0.168 e. The van der Waals surface area contributed by atoms with Crippen molar-refractivity contribution >= 4 is 11.6 Å². The molecule has 2 aromatic carbocycles. The lowest BCUT2D eigenvalue weighted by molar-refractivity contribution is 0.194. The molecule has 0 amide bonds. The SMILES string of the molecule is CC(O)c1cccc(F)c1Oc1ccc(F)c(Cl)c1. The topological polar surface area (TPSA) is 29.5 Å². The van der Waals surface area contributed by atoms with Gasteiger partial charge in [-0.1, -0.05) is 23.7 Å². The molecular formula is C14H11ClF2O2. The number of aliphatic hydroxyl groups is 1. The minimum atomic E-state index is -0.887. The molecule has 0 aliphatic rings. The maximum Gasteiger partial charge on any atom is 0.168 e. The number of para-hydroxylation sites is 1. The molecule has 0 heterocycles. The molecule has 1 N–H and O–H groups in total. The number of ether oxygens (including phenoxy) is 1. The lowest BCUT2D eigenvalue weighted by Crippen LogP contribution is -1.98. The minimum Gasteiger partial charge on any atom is -0.454 e. The summed E-state index contributed by atoms with van der Waals surface area (Å²) in [5, 5.41) is 9.45. The predicted molar refractivity (Wildman–Crippen MR) is 68.5 cm³/mol. The van der Waals surface area contributed by atoms with Gasteiger partial charge in [0.05, 0.1) is 11.1 Å². The summed E-state index contributed by atoms with van der Waals surface area (Å²) >= 11 is 5.62. The summed E-state index contributed by atoms with van der Waals surface area (Å²) in [5.41, 5.74) is 0.306. The molecule has 0 aromatic heterocycles. The number of aliphatic hydroxyl groups excluding tert-OH is 1. The Morgan fingerprint density at radius 3 is 2.53 bits per heavy atom. The van der Waals surface area contributed by atoms with Crippen LogP contribution in [0.15, 0.2) is 36.4 Å². The van der Waals surface area contributed by atoms with E-state index in [9.17, 15) is 13.9 Å². The van der Waals surface area contributed by atoms with Crippen LogP contribution in [0.4, 0.5) is 8.78 Å². The Balaban J connectivity index is 2.40. The van der Waals surface area contributed by atoms with Crippen LogP contribution in [-0.4, -0.2) is 5.11 Å². The Morgan fingerprint density at radius 2 is 1.89 bits per heavy atom. The van der Waals surface area contributed by atoms with Crippen LogP contribution >= 0.6 is 11.6 Å². The molecule has 1 atom stereocenters. The maximum absolute atomic E-state index is 13.7. The van der Waals surface area contributed by atoms with Gasteiger partial charge in [-0.25, -0.2) is 8.78 Å². The van der Waals surface area contributed by atoms with E-state index in [1.807, 2.05) is 0 Å². The molecule has 0 radical (unpaired) electrons. The molecule has 0 fully saturated rings. The van der Waals surface area contributed by atoms with Gasteiger partial charge in [-0.2, -0.15) is 0 Å². The summed E-state index contributed by atoms with van der Waals surface area (Å²) in [5.74, 6) is -1.10. The quantitative estimate of drug-likeness (QED) is 0.901. The van der Waals surface area contributed by atoms with E-state index in [0.29, 0.717) is 5.56 Å². The average Bonchev–Trinajstić information content (AvgIpc) is 2.36. The summed E-state index contributed by atoms with van der Waals surface area (Å²) in [6.07, 6.45) is -0.887. The molecule has 5 heteroatoms. The molecule has 0 aliphatic carbocycles. The van der Waals surface area contributed by atoms with Crippen molar-refractivity contribution in [2.24, 2.45) is 0 Å². The van der Waals surface area contributed by atoms with Crippen molar-refractivity contribution in [1.29, 1.82) is 0 Å². The van der Waals surface area contributed by atoms with E-state index in [0.717, 1.165) is 6.07 Å². The van der Waals surface area contributed by atoms with Crippen molar-refractivity contribution in [1.82, 2.24) is 0 Å². The van der Waals surface area contributed by atoms with Gasteiger partial charge >= 0.3 is 0 Å². The van der Waals surface area contributed by atoms with Crippen LogP contribution < -0.4 is 4.74 Å². The summed E-state index contributed by atoms with van der Waals surface area (Å²) in [4.78, 5) is 0. The average molecular weight is 285 g/mol. The number of benzene rings is 2. The van der Waals surface area contributed by atoms with Crippen LogP contribution in [0.2, 0.25) is 5.02 Å². The van der Waals surface area contributed by atoms with E-state index in [-0.39, 0.29) is 16.5 Å². The summed E-state index contributed by atoms with van der Waals surface area (Å²) < 4.78 is 32.1. The fourth-order valence-electron chi connectivity index (χ4n) is 1.62. The first kappa shape index (κ1) is 13.8. The van der Waals surface area contributed by atoms with Crippen LogP contribution in [0.25, 0.3) is 0 Å². The first-order valence-corrected chi connectivity index (χ1v) is 5.96. The third kappa shape index (κ3) is 3.03. The molecule has 2 aromatic rings. The van der Waals surface area contributed by atoms with Crippen LogP contribution in [0.3, 0.4) is 0 Å². The molecule has 2 nitrogen and oxygen atoms in total. The van der Waals surface area contributed by atoms with Gasteiger partial charge in [0.1, 0.15) is 11.6 Å². The Hall–Kier alpha value is -1.65. The van der Waals surface area contributed by atoms with Crippen molar-refractivity contribution in [3.63, 3.8) is 0 Å². The normalized spacial score (nSPS) is 12.3. The number of hydrogen-bond acceptors (Lipinski definition) is 2. The molecule has 19 heavy (non-hydrogen) atoms. The monoisotopic (exact) mass is 284 g/mol. The zero-order valence-electron chi connectivity index (χ0n) is 10.0. The van der Waals surface area contributed by atoms with Gasteiger partial charge < -0.3 is 9.84 Å². The second kappa shape index (κ2) is 5.55. The Kier molecular flexibility index (Phi) is 4.02. The van der Waals surface area contributed by atoms with Gasteiger partial charge in [-0.05, 0) is 25.1 Å². The van der Waals surface area contributed by atoms with Crippen molar-refractivity contribution in [3.8, 4) is 11.5 Å².